The van der Waals surface area contributed by atoms with Crippen LogP contribution < -0.4 is 15.0 Å². The molecule has 6 heteroatoms. The molecule has 3 heterocycles. The summed E-state index contributed by atoms with van der Waals surface area (Å²) in [6.07, 6.45) is 10.6. The minimum absolute atomic E-state index is 0.0697. The number of hydrogen-bond acceptors (Lipinski definition) is 5. The van der Waals surface area contributed by atoms with E-state index in [1.165, 1.54) is 31.4 Å². The minimum Gasteiger partial charge on any atom is -0.489 e. The fraction of sp³-hybridized carbons (Fsp3) is 0.667. The molecule has 1 aromatic rings. The van der Waals surface area contributed by atoms with E-state index in [1.54, 1.807) is 6.08 Å². The van der Waals surface area contributed by atoms with Gasteiger partial charge in [-0.05, 0) is 64.5 Å². The van der Waals surface area contributed by atoms with Gasteiger partial charge in [-0.25, -0.2) is 4.98 Å². The molecule has 0 aromatic carbocycles. The Hall–Kier alpha value is -2.08. The molecule has 6 nitrogen and oxygen atoms in total. The van der Waals surface area contributed by atoms with Crippen LogP contribution in [-0.4, -0.2) is 61.2 Å². The summed E-state index contributed by atoms with van der Waals surface area (Å²) in [5, 5.41) is 3.17. The summed E-state index contributed by atoms with van der Waals surface area (Å²) < 4.78 is 5.84. The van der Waals surface area contributed by atoms with E-state index in [1.807, 2.05) is 20.0 Å². The van der Waals surface area contributed by atoms with Crippen molar-refractivity contribution in [1.29, 1.82) is 0 Å². The Kier molecular flexibility index (Phi) is 6.93. The molecule has 3 aliphatic rings. The van der Waals surface area contributed by atoms with Crippen molar-refractivity contribution in [2.24, 2.45) is 5.92 Å². The molecule has 2 aliphatic heterocycles. The zero-order chi connectivity index (χ0) is 20.9. The zero-order valence-corrected chi connectivity index (χ0v) is 18.5. The monoisotopic (exact) mass is 412 g/mol. The highest BCUT2D eigenvalue weighted by molar-refractivity contribution is 5.88. The average Bonchev–Trinajstić information content (AvgIpc) is 3.22. The second-order valence-corrected chi connectivity index (χ2v) is 9.29. The third kappa shape index (κ3) is 5.34. The van der Waals surface area contributed by atoms with Crippen LogP contribution in [0.2, 0.25) is 0 Å². The average molecular weight is 413 g/mol. The Morgan fingerprint density at radius 2 is 1.97 bits per heavy atom. The number of pyridine rings is 1. The lowest BCUT2D eigenvalue weighted by Gasteiger charge is -2.37. The smallest absolute Gasteiger partial charge is 0.244 e. The fourth-order valence-corrected chi connectivity index (χ4v) is 4.97. The zero-order valence-electron chi connectivity index (χ0n) is 18.5. The molecule has 0 bridgehead atoms. The van der Waals surface area contributed by atoms with Gasteiger partial charge in [-0.1, -0.05) is 5.57 Å². The van der Waals surface area contributed by atoms with Gasteiger partial charge in [0.25, 0.3) is 0 Å². The van der Waals surface area contributed by atoms with Crippen molar-refractivity contribution in [1.82, 2.24) is 15.2 Å². The molecule has 1 saturated heterocycles. The lowest BCUT2D eigenvalue weighted by atomic mass is 9.84. The van der Waals surface area contributed by atoms with Gasteiger partial charge in [-0.3, -0.25) is 9.69 Å². The van der Waals surface area contributed by atoms with Crippen molar-refractivity contribution < 1.29 is 9.53 Å². The maximum absolute atomic E-state index is 11.9. The highest BCUT2D eigenvalue weighted by atomic mass is 16.5. The molecular weight excluding hydrogens is 376 g/mol. The maximum atomic E-state index is 11.9. The van der Waals surface area contributed by atoms with Crippen LogP contribution in [0.5, 0.6) is 5.75 Å². The summed E-state index contributed by atoms with van der Waals surface area (Å²) in [4.78, 5) is 21.5. The lowest BCUT2D eigenvalue weighted by Crippen LogP contribution is -2.47. The normalized spacial score (nSPS) is 24.1. The highest BCUT2D eigenvalue weighted by Crippen LogP contribution is 2.34. The standard InChI is InChI=1S/C24H36N4O2/c1-18(2)17-22(29)26-21-5-3-19(4-6-21)8-11-27-12-14-28(15-13-27)24-23-20(7-10-25-24)9-16-30-23/h7,10,17,19,21H,3-6,8-9,11-16H2,1-2H3,(H,26,29)/t19-,21-. The molecule has 0 spiro atoms. The molecule has 1 aromatic heterocycles. The van der Waals surface area contributed by atoms with Crippen LogP contribution >= 0.6 is 0 Å². The number of piperazine rings is 1. The SMILES string of the molecule is CC(C)=CC(=O)N[C@H]1CC[C@H](CCN2CCN(c3nccc4c3OCC4)CC2)CC1. The number of nitrogens with one attached hydrogen (secondary N) is 1. The van der Waals surface area contributed by atoms with Crippen LogP contribution in [0.15, 0.2) is 23.9 Å². The fourth-order valence-electron chi connectivity index (χ4n) is 4.97. The van der Waals surface area contributed by atoms with Crippen molar-refractivity contribution in [3.8, 4) is 5.75 Å². The molecule has 0 unspecified atom stereocenters. The molecule has 4 rings (SSSR count). The molecule has 164 valence electrons. The number of anilines is 1. The second kappa shape index (κ2) is 9.82. The van der Waals surface area contributed by atoms with Crippen molar-refractivity contribution in [2.45, 2.75) is 58.4 Å². The Labute approximate surface area is 180 Å². The number of rotatable bonds is 6. The van der Waals surface area contributed by atoms with Crippen LogP contribution in [-0.2, 0) is 11.2 Å². The van der Waals surface area contributed by atoms with Gasteiger partial charge in [0.1, 0.15) is 0 Å². The first-order chi connectivity index (χ1) is 14.6. The molecule has 2 fully saturated rings. The van der Waals surface area contributed by atoms with Crippen LogP contribution in [0.25, 0.3) is 0 Å². The van der Waals surface area contributed by atoms with Gasteiger partial charge in [-0.2, -0.15) is 0 Å². The first kappa shape index (κ1) is 21.2. The molecule has 0 radical (unpaired) electrons. The van der Waals surface area contributed by atoms with E-state index in [2.05, 4.69) is 26.2 Å². The maximum Gasteiger partial charge on any atom is 0.244 e. The van der Waals surface area contributed by atoms with Gasteiger partial charge < -0.3 is 15.0 Å². The summed E-state index contributed by atoms with van der Waals surface area (Å²) in [5.41, 5.74) is 2.36. The topological polar surface area (TPSA) is 57.7 Å². The highest BCUT2D eigenvalue weighted by Gasteiger charge is 2.26. The van der Waals surface area contributed by atoms with Crippen molar-refractivity contribution in [3.05, 3.63) is 29.5 Å². The van der Waals surface area contributed by atoms with E-state index in [4.69, 9.17) is 4.74 Å². The van der Waals surface area contributed by atoms with E-state index in [9.17, 15) is 4.79 Å². The number of allylic oxidation sites excluding steroid dienone is 1. The van der Waals surface area contributed by atoms with E-state index in [0.717, 1.165) is 75.1 Å². The van der Waals surface area contributed by atoms with E-state index < -0.39 is 0 Å². The summed E-state index contributed by atoms with van der Waals surface area (Å²) in [7, 11) is 0. The second-order valence-electron chi connectivity index (χ2n) is 9.29. The van der Waals surface area contributed by atoms with Gasteiger partial charge in [0.05, 0.1) is 6.61 Å². The number of nitrogens with zero attached hydrogens (tertiary/aromatic N) is 3. The first-order valence-electron chi connectivity index (χ1n) is 11.6. The summed E-state index contributed by atoms with van der Waals surface area (Å²) in [6.45, 7) is 10.1. The third-order valence-corrected chi connectivity index (χ3v) is 6.72. The van der Waals surface area contributed by atoms with Crippen LogP contribution in [0, 0.1) is 5.92 Å². The molecule has 1 aliphatic carbocycles. The predicted octanol–water partition coefficient (Wildman–Crippen LogP) is 3.17. The number of hydrogen-bond donors (Lipinski definition) is 1. The van der Waals surface area contributed by atoms with Gasteiger partial charge >= 0.3 is 0 Å². The van der Waals surface area contributed by atoms with Crippen LogP contribution in [0.1, 0.15) is 51.5 Å². The molecule has 0 atom stereocenters. The van der Waals surface area contributed by atoms with E-state index in [-0.39, 0.29) is 5.91 Å². The summed E-state index contributed by atoms with van der Waals surface area (Å²) in [5.74, 6) is 2.92. The van der Waals surface area contributed by atoms with Crippen LogP contribution in [0.4, 0.5) is 5.82 Å². The third-order valence-electron chi connectivity index (χ3n) is 6.72. The van der Waals surface area contributed by atoms with Gasteiger partial charge in [0.15, 0.2) is 11.6 Å². The lowest BCUT2D eigenvalue weighted by molar-refractivity contribution is -0.117. The minimum atomic E-state index is 0.0697. The quantitative estimate of drug-likeness (QED) is 0.728. The summed E-state index contributed by atoms with van der Waals surface area (Å²) in [6, 6.07) is 2.44. The number of amides is 1. The molecule has 1 N–H and O–H groups in total. The molecule has 1 amide bonds. The summed E-state index contributed by atoms with van der Waals surface area (Å²) >= 11 is 0. The number of carbonyl (C=O) groups excluding carboxylic acids is 1. The number of aromatic nitrogens is 1. The van der Waals surface area contributed by atoms with Gasteiger partial charge in [-0.15, -0.1) is 0 Å². The number of fused-ring (bicyclic) bond motifs is 1. The van der Waals surface area contributed by atoms with Crippen LogP contribution in [0.3, 0.4) is 0 Å². The Morgan fingerprint density at radius 1 is 1.20 bits per heavy atom. The predicted molar refractivity (Wildman–Crippen MR) is 120 cm³/mol. The number of ether oxygens (including phenoxy) is 1. The van der Waals surface area contributed by atoms with E-state index in [0.29, 0.717) is 6.04 Å². The molecule has 30 heavy (non-hydrogen) atoms. The first-order valence-corrected chi connectivity index (χ1v) is 11.6. The Balaban J connectivity index is 1.16. The van der Waals surface area contributed by atoms with Crippen molar-refractivity contribution in [2.75, 3.05) is 44.2 Å². The largest absolute Gasteiger partial charge is 0.489 e. The van der Waals surface area contributed by atoms with Crippen molar-refractivity contribution >= 4 is 11.7 Å². The Bertz CT molecular complexity index is 758. The van der Waals surface area contributed by atoms with Crippen molar-refractivity contribution in [3.63, 3.8) is 0 Å². The Morgan fingerprint density at radius 3 is 2.70 bits per heavy atom. The number of carbonyl (C=O) groups is 1. The van der Waals surface area contributed by atoms with E-state index >= 15 is 0 Å². The molecule has 1 saturated carbocycles. The van der Waals surface area contributed by atoms with Gasteiger partial charge in [0.2, 0.25) is 5.91 Å². The molecular formula is C24H36N4O2. The van der Waals surface area contributed by atoms with Gasteiger partial charge in [0, 0.05) is 56.5 Å².